The first-order chi connectivity index (χ1) is 15.6. The van der Waals surface area contributed by atoms with E-state index >= 15 is 0 Å². The summed E-state index contributed by atoms with van der Waals surface area (Å²) in [6.07, 6.45) is 6.59. The fraction of sp³-hybridized carbons (Fsp3) is 0.520. The van der Waals surface area contributed by atoms with Gasteiger partial charge < -0.3 is 15.2 Å². The van der Waals surface area contributed by atoms with Gasteiger partial charge in [-0.1, -0.05) is 20.8 Å². The molecule has 3 atom stereocenters. The van der Waals surface area contributed by atoms with Gasteiger partial charge in [0.15, 0.2) is 5.65 Å². The maximum atomic E-state index is 13.2. The normalized spacial score (nSPS) is 20.1. The third kappa shape index (κ3) is 4.67. The number of hydrogen-bond acceptors (Lipinski definition) is 5. The van der Waals surface area contributed by atoms with Gasteiger partial charge in [-0.3, -0.25) is 9.59 Å². The van der Waals surface area contributed by atoms with Gasteiger partial charge >= 0.3 is 0 Å². The Morgan fingerprint density at radius 2 is 1.91 bits per heavy atom. The monoisotopic (exact) mass is 467 g/mol. The summed E-state index contributed by atoms with van der Waals surface area (Å²) >= 11 is 1.43. The van der Waals surface area contributed by atoms with Gasteiger partial charge in [0.25, 0.3) is 11.8 Å². The average Bonchev–Trinajstić information content (AvgIpc) is 3.39. The number of nitrogens with one attached hydrogen (secondary N) is 2. The molecule has 1 aliphatic rings. The fourth-order valence-electron chi connectivity index (χ4n) is 4.21. The highest BCUT2D eigenvalue weighted by molar-refractivity contribution is 7.17. The summed E-state index contributed by atoms with van der Waals surface area (Å²) in [5, 5.41) is 3.06. The second-order valence-electron chi connectivity index (χ2n) is 10.2. The van der Waals surface area contributed by atoms with Crippen LogP contribution in [-0.4, -0.2) is 49.8 Å². The Balaban J connectivity index is 1.60. The second kappa shape index (κ2) is 8.89. The summed E-state index contributed by atoms with van der Waals surface area (Å²) < 4.78 is 0. The van der Waals surface area contributed by atoms with E-state index in [9.17, 15) is 9.59 Å². The lowest BCUT2D eigenvalue weighted by Gasteiger charge is -2.38. The number of aromatic nitrogens is 3. The van der Waals surface area contributed by atoms with Crippen molar-refractivity contribution in [3.05, 3.63) is 35.0 Å². The molecule has 4 rings (SSSR count). The standard InChI is InChI=1S/C25H33N5O2S/c1-14-8-7-9-15(2)30(14)24(32)20-11-10-19(33-20)18-13-27-22-21(29-18)17(12-26-22)23(31)28-16(3)25(4,5)6/h10-16H,7-9H2,1-6H3,(H,26,27)(H,28,31)/t14?,15?,16-/m0/s1. The molecular formula is C25H33N5O2S. The van der Waals surface area contributed by atoms with Gasteiger partial charge in [-0.15, -0.1) is 11.3 Å². The highest BCUT2D eigenvalue weighted by Crippen LogP contribution is 2.31. The van der Waals surface area contributed by atoms with E-state index in [-0.39, 0.29) is 35.4 Å². The van der Waals surface area contributed by atoms with E-state index in [1.165, 1.54) is 17.8 Å². The van der Waals surface area contributed by atoms with Crippen molar-refractivity contribution in [3.63, 3.8) is 0 Å². The first-order valence-electron chi connectivity index (χ1n) is 11.6. The number of aromatic amines is 1. The van der Waals surface area contributed by atoms with Crippen LogP contribution in [0.2, 0.25) is 0 Å². The van der Waals surface area contributed by atoms with Crippen molar-refractivity contribution < 1.29 is 9.59 Å². The predicted molar refractivity (Wildman–Crippen MR) is 133 cm³/mol. The molecule has 3 aromatic rings. The summed E-state index contributed by atoms with van der Waals surface area (Å²) in [7, 11) is 0. The number of H-pyrrole nitrogens is 1. The number of fused-ring (bicyclic) bond motifs is 1. The molecular weight excluding hydrogens is 434 g/mol. The number of nitrogens with zero attached hydrogens (tertiary/aromatic N) is 3. The lowest BCUT2D eigenvalue weighted by molar-refractivity contribution is 0.0515. The summed E-state index contributed by atoms with van der Waals surface area (Å²) in [5.74, 6) is -0.0943. The van der Waals surface area contributed by atoms with Gasteiger partial charge in [0.1, 0.15) is 5.52 Å². The van der Waals surface area contributed by atoms with Gasteiger partial charge in [-0.25, -0.2) is 9.97 Å². The molecule has 4 heterocycles. The summed E-state index contributed by atoms with van der Waals surface area (Å²) in [6, 6.07) is 4.29. The SMILES string of the molecule is CC1CCCC(C)N1C(=O)c1ccc(-c2cnc3[nH]cc(C(=O)N[C@@H](C)C(C)(C)C)c3n2)s1. The highest BCUT2D eigenvalue weighted by Gasteiger charge is 2.30. The van der Waals surface area contributed by atoms with Gasteiger partial charge in [-0.05, 0) is 57.6 Å². The average molecular weight is 468 g/mol. The molecule has 2 N–H and O–H groups in total. The van der Waals surface area contributed by atoms with Crippen molar-refractivity contribution in [2.75, 3.05) is 0 Å². The molecule has 2 amide bonds. The largest absolute Gasteiger partial charge is 0.349 e. The number of likely N-dealkylation sites (tertiary alicyclic amines) is 1. The van der Waals surface area contributed by atoms with Crippen molar-refractivity contribution in [1.82, 2.24) is 25.2 Å². The molecule has 0 saturated carbocycles. The Hall–Kier alpha value is -2.74. The van der Waals surface area contributed by atoms with E-state index in [0.29, 0.717) is 27.3 Å². The van der Waals surface area contributed by atoms with Gasteiger partial charge in [-0.2, -0.15) is 0 Å². The molecule has 3 aromatic heterocycles. The maximum absolute atomic E-state index is 13.2. The van der Waals surface area contributed by atoms with Crippen LogP contribution in [0.1, 0.15) is 80.8 Å². The Morgan fingerprint density at radius 1 is 1.21 bits per heavy atom. The first kappa shape index (κ1) is 23.4. The van der Waals surface area contributed by atoms with Crippen molar-refractivity contribution in [2.24, 2.45) is 5.41 Å². The zero-order valence-corrected chi connectivity index (χ0v) is 21.0. The fourth-order valence-corrected chi connectivity index (χ4v) is 5.12. The maximum Gasteiger partial charge on any atom is 0.264 e. The second-order valence-corrected chi connectivity index (χ2v) is 11.3. The minimum Gasteiger partial charge on any atom is -0.349 e. The van der Waals surface area contributed by atoms with Crippen LogP contribution in [0.3, 0.4) is 0 Å². The number of amides is 2. The van der Waals surface area contributed by atoms with Crippen LogP contribution in [-0.2, 0) is 0 Å². The summed E-state index contributed by atoms with van der Waals surface area (Å²) in [4.78, 5) is 42.0. The van der Waals surface area contributed by atoms with Gasteiger partial charge in [0, 0.05) is 24.3 Å². The zero-order chi connectivity index (χ0) is 23.9. The molecule has 1 aliphatic heterocycles. The van der Waals surface area contributed by atoms with Gasteiger partial charge in [0.2, 0.25) is 0 Å². The predicted octanol–water partition coefficient (Wildman–Crippen LogP) is 5.25. The number of carbonyl (C=O) groups excluding carboxylic acids is 2. The number of rotatable bonds is 4. The van der Waals surface area contributed by atoms with Crippen LogP contribution in [0.5, 0.6) is 0 Å². The number of thiophene rings is 1. The van der Waals surface area contributed by atoms with Crippen LogP contribution in [0.15, 0.2) is 24.5 Å². The van der Waals surface area contributed by atoms with E-state index in [2.05, 4.69) is 49.9 Å². The van der Waals surface area contributed by atoms with Crippen molar-refractivity contribution in [2.45, 2.75) is 78.9 Å². The molecule has 1 fully saturated rings. The van der Waals surface area contributed by atoms with Crippen molar-refractivity contribution >= 4 is 34.3 Å². The van der Waals surface area contributed by atoms with E-state index < -0.39 is 0 Å². The Morgan fingerprint density at radius 3 is 2.58 bits per heavy atom. The molecule has 7 nitrogen and oxygen atoms in total. The number of hydrogen-bond donors (Lipinski definition) is 2. The number of carbonyl (C=O) groups is 2. The molecule has 0 bridgehead atoms. The molecule has 33 heavy (non-hydrogen) atoms. The van der Waals surface area contributed by atoms with E-state index in [1.54, 1.807) is 12.4 Å². The quantitative estimate of drug-likeness (QED) is 0.548. The zero-order valence-electron chi connectivity index (χ0n) is 20.2. The lowest BCUT2D eigenvalue weighted by Crippen LogP contribution is -2.47. The van der Waals surface area contributed by atoms with Crippen LogP contribution in [0, 0.1) is 5.41 Å². The molecule has 0 aromatic carbocycles. The highest BCUT2D eigenvalue weighted by atomic mass is 32.1. The molecule has 0 radical (unpaired) electrons. The summed E-state index contributed by atoms with van der Waals surface area (Å²) in [6.45, 7) is 12.5. The van der Waals surface area contributed by atoms with Crippen LogP contribution >= 0.6 is 11.3 Å². The molecule has 176 valence electrons. The smallest absolute Gasteiger partial charge is 0.264 e. The molecule has 0 spiro atoms. The van der Waals surface area contributed by atoms with Gasteiger partial charge in [0.05, 0.1) is 27.2 Å². The molecule has 2 unspecified atom stereocenters. The van der Waals surface area contributed by atoms with E-state index in [0.717, 1.165) is 17.7 Å². The third-order valence-corrected chi connectivity index (χ3v) is 7.87. The van der Waals surface area contributed by atoms with Crippen LogP contribution in [0.25, 0.3) is 21.7 Å². The Kier molecular flexibility index (Phi) is 6.31. The number of piperidine rings is 1. The molecule has 0 aliphatic carbocycles. The van der Waals surface area contributed by atoms with E-state index in [1.807, 2.05) is 24.0 Å². The third-order valence-electron chi connectivity index (χ3n) is 6.77. The molecule has 8 heteroatoms. The minimum atomic E-state index is -0.176. The van der Waals surface area contributed by atoms with Crippen LogP contribution in [0.4, 0.5) is 0 Å². The molecule has 1 saturated heterocycles. The van der Waals surface area contributed by atoms with Crippen LogP contribution < -0.4 is 5.32 Å². The minimum absolute atomic E-state index is 0.00321. The summed E-state index contributed by atoms with van der Waals surface area (Å²) in [5.41, 5.74) is 2.17. The topological polar surface area (TPSA) is 91.0 Å². The van der Waals surface area contributed by atoms with Crippen molar-refractivity contribution in [3.8, 4) is 10.6 Å². The Bertz CT molecular complexity index is 1170. The Labute approximate surface area is 199 Å². The lowest BCUT2D eigenvalue weighted by atomic mass is 9.88. The van der Waals surface area contributed by atoms with E-state index in [4.69, 9.17) is 4.98 Å². The first-order valence-corrected chi connectivity index (χ1v) is 12.5. The van der Waals surface area contributed by atoms with Crippen molar-refractivity contribution in [1.29, 1.82) is 0 Å².